The summed E-state index contributed by atoms with van der Waals surface area (Å²) in [6, 6.07) is 5.20. The molecule has 146 valence electrons. The molecule has 0 radical (unpaired) electrons. The summed E-state index contributed by atoms with van der Waals surface area (Å²) < 4.78 is 6.49. The van der Waals surface area contributed by atoms with E-state index < -0.39 is 5.91 Å². The van der Waals surface area contributed by atoms with Crippen molar-refractivity contribution in [1.82, 2.24) is 0 Å². The number of carbonyl (C=O) groups is 2. The summed E-state index contributed by atoms with van der Waals surface area (Å²) in [6.07, 6.45) is 4.55. The Balaban J connectivity index is 2.06. The van der Waals surface area contributed by atoms with Crippen molar-refractivity contribution in [2.45, 2.75) is 46.5 Å². The lowest BCUT2D eigenvalue weighted by atomic mass is 10.1. The Morgan fingerprint density at radius 1 is 1.22 bits per heavy atom. The predicted molar refractivity (Wildman–Crippen MR) is 114 cm³/mol. The van der Waals surface area contributed by atoms with E-state index in [-0.39, 0.29) is 5.91 Å². The molecule has 0 saturated heterocycles. The first-order valence-electron chi connectivity index (χ1n) is 8.98. The summed E-state index contributed by atoms with van der Waals surface area (Å²) in [5.41, 5.74) is 7.10. The van der Waals surface area contributed by atoms with Gasteiger partial charge in [0.1, 0.15) is 10.8 Å². The number of halogens is 1. The second-order valence-corrected chi connectivity index (χ2v) is 8.44. The summed E-state index contributed by atoms with van der Waals surface area (Å²) in [4.78, 5) is 25.2. The Bertz CT molecular complexity index is 833. The number of hydrogen-bond donors (Lipinski definition) is 2. The molecule has 27 heavy (non-hydrogen) atoms. The SMILES string of the molecule is CCCCCCOc1ccc(C(=O)Nc2sc(C)c(C)c2C(N)=O)cc1Br. The van der Waals surface area contributed by atoms with E-state index in [1.54, 1.807) is 18.2 Å². The second kappa shape index (κ2) is 9.90. The summed E-state index contributed by atoms with van der Waals surface area (Å²) in [5.74, 6) is -0.127. The number of rotatable bonds is 9. The smallest absolute Gasteiger partial charge is 0.256 e. The zero-order chi connectivity index (χ0) is 20.0. The molecule has 0 bridgehead atoms. The Morgan fingerprint density at radius 3 is 2.59 bits per heavy atom. The van der Waals surface area contributed by atoms with Crippen molar-refractivity contribution in [3.8, 4) is 5.75 Å². The first kappa shape index (κ1) is 21.4. The first-order chi connectivity index (χ1) is 12.8. The molecule has 0 atom stereocenters. The van der Waals surface area contributed by atoms with Gasteiger partial charge in [-0.15, -0.1) is 11.3 Å². The van der Waals surface area contributed by atoms with Crippen LogP contribution >= 0.6 is 27.3 Å². The zero-order valence-electron chi connectivity index (χ0n) is 15.9. The Kier molecular flexibility index (Phi) is 7.86. The van der Waals surface area contributed by atoms with Crippen molar-refractivity contribution in [2.24, 2.45) is 5.73 Å². The van der Waals surface area contributed by atoms with Crippen LogP contribution in [0.2, 0.25) is 0 Å². The van der Waals surface area contributed by atoms with Gasteiger partial charge in [-0.05, 0) is 60.0 Å². The minimum absolute atomic E-state index is 0.297. The van der Waals surface area contributed by atoms with Crippen LogP contribution in [0.15, 0.2) is 22.7 Å². The van der Waals surface area contributed by atoms with Crippen LogP contribution in [0, 0.1) is 13.8 Å². The van der Waals surface area contributed by atoms with E-state index in [9.17, 15) is 9.59 Å². The molecule has 0 saturated carbocycles. The molecule has 5 nitrogen and oxygen atoms in total. The summed E-state index contributed by atoms with van der Waals surface area (Å²) >= 11 is 4.81. The van der Waals surface area contributed by atoms with Crippen LogP contribution < -0.4 is 15.8 Å². The van der Waals surface area contributed by atoms with Gasteiger partial charge in [0.2, 0.25) is 0 Å². The Labute approximate surface area is 172 Å². The van der Waals surface area contributed by atoms with Crippen molar-refractivity contribution < 1.29 is 14.3 Å². The summed E-state index contributed by atoms with van der Waals surface area (Å²) in [5, 5.41) is 3.28. The van der Waals surface area contributed by atoms with E-state index in [1.807, 2.05) is 13.8 Å². The number of ether oxygens (including phenoxy) is 1. The molecule has 0 spiro atoms. The number of aryl methyl sites for hydroxylation is 1. The quantitative estimate of drug-likeness (QED) is 0.497. The monoisotopic (exact) mass is 452 g/mol. The molecule has 1 aromatic carbocycles. The molecule has 0 unspecified atom stereocenters. The van der Waals surface area contributed by atoms with Gasteiger partial charge in [0.05, 0.1) is 16.6 Å². The van der Waals surface area contributed by atoms with Crippen LogP contribution in [0.5, 0.6) is 5.75 Å². The van der Waals surface area contributed by atoms with Crippen molar-refractivity contribution >= 4 is 44.1 Å². The molecule has 0 aliphatic rings. The number of thiophene rings is 1. The van der Waals surface area contributed by atoms with Gasteiger partial charge in [-0.2, -0.15) is 0 Å². The molecule has 7 heteroatoms. The Hall–Kier alpha value is -1.86. The number of nitrogens with two attached hydrogens (primary N) is 1. The topological polar surface area (TPSA) is 81.4 Å². The maximum Gasteiger partial charge on any atom is 0.256 e. The van der Waals surface area contributed by atoms with Crippen molar-refractivity contribution in [3.05, 3.63) is 44.2 Å². The minimum Gasteiger partial charge on any atom is -0.492 e. The fourth-order valence-electron chi connectivity index (χ4n) is 2.66. The molecule has 1 heterocycles. The molecule has 0 fully saturated rings. The molecular weight excluding hydrogens is 428 g/mol. The highest BCUT2D eigenvalue weighted by Gasteiger charge is 2.20. The minimum atomic E-state index is -0.542. The van der Waals surface area contributed by atoms with Crippen LogP contribution in [0.25, 0.3) is 0 Å². The van der Waals surface area contributed by atoms with E-state index in [1.165, 1.54) is 24.2 Å². The number of benzene rings is 1. The lowest BCUT2D eigenvalue weighted by molar-refractivity contribution is 0.100. The number of unbranched alkanes of at least 4 members (excludes halogenated alkanes) is 3. The van der Waals surface area contributed by atoms with Crippen molar-refractivity contribution in [2.75, 3.05) is 11.9 Å². The molecule has 2 aromatic rings. The highest BCUT2D eigenvalue weighted by molar-refractivity contribution is 9.10. The second-order valence-electron chi connectivity index (χ2n) is 6.36. The average Bonchev–Trinajstić information content (AvgIpc) is 2.89. The predicted octanol–water partition coefficient (Wildman–Crippen LogP) is 5.44. The van der Waals surface area contributed by atoms with E-state index in [0.29, 0.717) is 28.5 Å². The summed E-state index contributed by atoms with van der Waals surface area (Å²) in [7, 11) is 0. The maximum absolute atomic E-state index is 12.6. The van der Waals surface area contributed by atoms with Crippen molar-refractivity contribution in [3.63, 3.8) is 0 Å². The fourth-order valence-corrected chi connectivity index (χ4v) is 4.21. The molecule has 3 N–H and O–H groups in total. The average molecular weight is 453 g/mol. The number of anilines is 1. The zero-order valence-corrected chi connectivity index (χ0v) is 18.3. The van der Waals surface area contributed by atoms with Gasteiger partial charge < -0.3 is 15.8 Å². The third-order valence-corrected chi connectivity index (χ3v) is 6.05. The highest BCUT2D eigenvalue weighted by atomic mass is 79.9. The van der Waals surface area contributed by atoms with Gasteiger partial charge in [0, 0.05) is 10.4 Å². The van der Waals surface area contributed by atoms with Gasteiger partial charge in [0.15, 0.2) is 0 Å². The normalized spacial score (nSPS) is 10.7. The van der Waals surface area contributed by atoms with Gasteiger partial charge in [-0.25, -0.2) is 0 Å². The lowest BCUT2D eigenvalue weighted by Crippen LogP contribution is -2.17. The van der Waals surface area contributed by atoms with E-state index >= 15 is 0 Å². The van der Waals surface area contributed by atoms with E-state index in [0.717, 1.165) is 27.8 Å². The first-order valence-corrected chi connectivity index (χ1v) is 10.6. The molecular formula is C20H25BrN2O3S. The largest absolute Gasteiger partial charge is 0.492 e. The Morgan fingerprint density at radius 2 is 1.96 bits per heavy atom. The van der Waals surface area contributed by atoms with E-state index in [4.69, 9.17) is 10.5 Å². The standard InChI is InChI=1S/C20H25BrN2O3S/c1-4-5-6-7-10-26-16-9-8-14(11-15(16)21)19(25)23-20-17(18(22)24)12(2)13(3)27-20/h8-9,11H,4-7,10H2,1-3H3,(H2,22,24)(H,23,25). The maximum atomic E-state index is 12.6. The van der Waals surface area contributed by atoms with Gasteiger partial charge >= 0.3 is 0 Å². The van der Waals surface area contributed by atoms with Gasteiger partial charge in [-0.3, -0.25) is 9.59 Å². The number of nitrogens with one attached hydrogen (secondary N) is 1. The molecule has 1 aromatic heterocycles. The van der Waals surface area contributed by atoms with Gasteiger partial charge in [0.25, 0.3) is 11.8 Å². The van der Waals surface area contributed by atoms with Crippen LogP contribution in [0.4, 0.5) is 5.00 Å². The molecule has 2 rings (SSSR count). The fraction of sp³-hybridized carbons (Fsp3) is 0.400. The lowest BCUT2D eigenvalue weighted by Gasteiger charge is -2.10. The number of carbonyl (C=O) groups excluding carboxylic acids is 2. The van der Waals surface area contributed by atoms with E-state index in [2.05, 4.69) is 28.2 Å². The number of primary amides is 1. The van der Waals surface area contributed by atoms with Crippen LogP contribution in [0.3, 0.4) is 0 Å². The van der Waals surface area contributed by atoms with Gasteiger partial charge in [-0.1, -0.05) is 26.2 Å². The molecule has 0 aliphatic carbocycles. The highest BCUT2D eigenvalue weighted by Crippen LogP contribution is 2.33. The molecule has 0 aliphatic heterocycles. The summed E-state index contributed by atoms with van der Waals surface area (Å²) in [6.45, 7) is 6.54. The van der Waals surface area contributed by atoms with Crippen LogP contribution in [-0.2, 0) is 0 Å². The molecule has 2 amide bonds. The third kappa shape index (κ3) is 5.56. The van der Waals surface area contributed by atoms with Crippen molar-refractivity contribution in [1.29, 1.82) is 0 Å². The van der Waals surface area contributed by atoms with Crippen LogP contribution in [-0.4, -0.2) is 18.4 Å². The third-order valence-electron chi connectivity index (χ3n) is 4.31. The number of hydrogen-bond acceptors (Lipinski definition) is 4. The van der Waals surface area contributed by atoms with Crippen LogP contribution in [0.1, 0.15) is 63.8 Å². The number of amides is 2.